The Labute approximate surface area is 124 Å². The van der Waals surface area contributed by atoms with E-state index in [1.165, 1.54) is 7.11 Å². The van der Waals surface area contributed by atoms with E-state index in [2.05, 4.69) is 6.92 Å². The SMILES string of the molecule is COC(=O)[C@@H]1C[C@H](O)CN1C[C@@H](C)c1cccc(Cl)c1. The Hall–Kier alpha value is -1.10. The van der Waals surface area contributed by atoms with Crippen LogP contribution in [0.3, 0.4) is 0 Å². The predicted molar refractivity (Wildman–Crippen MR) is 77.9 cm³/mol. The van der Waals surface area contributed by atoms with Gasteiger partial charge < -0.3 is 9.84 Å². The molecule has 1 saturated heterocycles. The van der Waals surface area contributed by atoms with Crippen LogP contribution in [-0.4, -0.2) is 48.3 Å². The molecule has 0 bridgehead atoms. The number of ether oxygens (including phenoxy) is 1. The topological polar surface area (TPSA) is 49.8 Å². The Morgan fingerprint density at radius 3 is 3.00 bits per heavy atom. The van der Waals surface area contributed by atoms with Crippen molar-refractivity contribution in [2.75, 3.05) is 20.2 Å². The van der Waals surface area contributed by atoms with Gasteiger partial charge in [-0.15, -0.1) is 0 Å². The number of hydrogen-bond donors (Lipinski definition) is 1. The second kappa shape index (κ2) is 6.57. The fraction of sp³-hybridized carbons (Fsp3) is 0.533. The van der Waals surface area contributed by atoms with Crippen LogP contribution in [0.4, 0.5) is 0 Å². The molecule has 4 nitrogen and oxygen atoms in total. The maximum atomic E-state index is 11.7. The van der Waals surface area contributed by atoms with E-state index in [0.717, 1.165) is 5.56 Å². The first-order chi connectivity index (χ1) is 9.51. The molecule has 1 heterocycles. The van der Waals surface area contributed by atoms with Gasteiger partial charge in [-0.05, 0) is 23.6 Å². The molecule has 0 aliphatic carbocycles. The van der Waals surface area contributed by atoms with Crippen LogP contribution in [0, 0.1) is 0 Å². The van der Waals surface area contributed by atoms with Crippen LogP contribution >= 0.6 is 11.6 Å². The zero-order valence-corrected chi connectivity index (χ0v) is 12.5. The molecule has 1 aromatic carbocycles. The molecule has 0 unspecified atom stereocenters. The summed E-state index contributed by atoms with van der Waals surface area (Å²) >= 11 is 6.00. The number of carbonyl (C=O) groups excluding carboxylic acids is 1. The maximum Gasteiger partial charge on any atom is 0.323 e. The Kier molecular flexibility index (Phi) is 5.02. The van der Waals surface area contributed by atoms with Gasteiger partial charge in [0.2, 0.25) is 0 Å². The number of methoxy groups -OCH3 is 1. The Balaban J connectivity index is 2.06. The van der Waals surface area contributed by atoms with Crippen LogP contribution < -0.4 is 0 Å². The first-order valence-electron chi connectivity index (χ1n) is 6.76. The molecular weight excluding hydrogens is 278 g/mol. The van der Waals surface area contributed by atoms with Crippen molar-refractivity contribution in [2.24, 2.45) is 0 Å². The molecule has 5 heteroatoms. The highest BCUT2D eigenvalue weighted by Gasteiger charge is 2.37. The highest BCUT2D eigenvalue weighted by molar-refractivity contribution is 6.30. The predicted octanol–water partition coefficient (Wildman–Crippen LogP) is 2.05. The lowest BCUT2D eigenvalue weighted by molar-refractivity contribution is -0.145. The molecule has 0 aromatic heterocycles. The highest BCUT2D eigenvalue weighted by atomic mass is 35.5. The molecule has 2 rings (SSSR count). The number of halogens is 1. The fourth-order valence-electron chi connectivity index (χ4n) is 2.73. The van der Waals surface area contributed by atoms with Crippen LogP contribution in [0.2, 0.25) is 5.02 Å². The van der Waals surface area contributed by atoms with Gasteiger partial charge in [0.25, 0.3) is 0 Å². The Morgan fingerprint density at radius 2 is 2.35 bits per heavy atom. The molecule has 0 saturated carbocycles. The summed E-state index contributed by atoms with van der Waals surface area (Å²) in [7, 11) is 1.38. The largest absolute Gasteiger partial charge is 0.468 e. The van der Waals surface area contributed by atoms with Crippen molar-refractivity contribution in [3.8, 4) is 0 Å². The lowest BCUT2D eigenvalue weighted by Crippen LogP contribution is -2.39. The average Bonchev–Trinajstić information content (AvgIpc) is 2.78. The number of likely N-dealkylation sites (tertiary alicyclic amines) is 1. The minimum atomic E-state index is -0.467. The van der Waals surface area contributed by atoms with Crippen molar-refractivity contribution in [3.05, 3.63) is 34.9 Å². The molecule has 1 N–H and O–H groups in total. The molecule has 3 atom stereocenters. The van der Waals surface area contributed by atoms with Gasteiger partial charge in [0.15, 0.2) is 0 Å². The van der Waals surface area contributed by atoms with E-state index in [1.54, 1.807) is 0 Å². The minimum absolute atomic E-state index is 0.228. The van der Waals surface area contributed by atoms with Gasteiger partial charge in [-0.25, -0.2) is 0 Å². The van der Waals surface area contributed by atoms with Crippen molar-refractivity contribution in [1.82, 2.24) is 4.90 Å². The third-order valence-corrected chi connectivity index (χ3v) is 4.02. The number of rotatable bonds is 4. The highest BCUT2D eigenvalue weighted by Crippen LogP contribution is 2.25. The number of nitrogens with zero attached hydrogens (tertiary/aromatic N) is 1. The number of benzene rings is 1. The molecule has 20 heavy (non-hydrogen) atoms. The quantitative estimate of drug-likeness (QED) is 0.864. The van der Waals surface area contributed by atoms with Gasteiger partial charge >= 0.3 is 5.97 Å². The van der Waals surface area contributed by atoms with Crippen LogP contribution in [0.25, 0.3) is 0 Å². The van der Waals surface area contributed by atoms with E-state index < -0.39 is 6.10 Å². The van der Waals surface area contributed by atoms with Gasteiger partial charge in [0, 0.05) is 24.5 Å². The van der Waals surface area contributed by atoms with Crippen LogP contribution in [0.15, 0.2) is 24.3 Å². The van der Waals surface area contributed by atoms with E-state index in [-0.39, 0.29) is 17.9 Å². The molecule has 1 fully saturated rings. The minimum Gasteiger partial charge on any atom is -0.468 e. The normalized spacial score (nSPS) is 24.6. The monoisotopic (exact) mass is 297 g/mol. The number of β-amino-alcohol motifs (C(OH)–C–C–N with tert-alkyl or cyclic N) is 1. The zero-order chi connectivity index (χ0) is 14.7. The molecular formula is C15H20ClNO3. The van der Waals surface area contributed by atoms with E-state index in [0.29, 0.717) is 24.5 Å². The van der Waals surface area contributed by atoms with Crippen molar-refractivity contribution >= 4 is 17.6 Å². The summed E-state index contributed by atoms with van der Waals surface area (Å²) < 4.78 is 4.81. The Morgan fingerprint density at radius 1 is 1.60 bits per heavy atom. The second-order valence-corrected chi connectivity index (χ2v) is 5.77. The number of esters is 1. The smallest absolute Gasteiger partial charge is 0.323 e. The van der Waals surface area contributed by atoms with Gasteiger partial charge in [0.05, 0.1) is 13.2 Å². The lowest BCUT2D eigenvalue weighted by Gasteiger charge is -2.25. The number of carbonyl (C=O) groups is 1. The van der Waals surface area contributed by atoms with Crippen molar-refractivity contribution in [2.45, 2.75) is 31.4 Å². The van der Waals surface area contributed by atoms with Gasteiger partial charge in [-0.3, -0.25) is 9.69 Å². The summed E-state index contributed by atoms with van der Waals surface area (Å²) in [5.74, 6) is -0.0500. The first-order valence-corrected chi connectivity index (χ1v) is 7.14. The Bertz CT molecular complexity index is 480. The lowest BCUT2D eigenvalue weighted by atomic mass is 10.0. The summed E-state index contributed by atoms with van der Waals surface area (Å²) in [6.45, 7) is 3.28. The van der Waals surface area contributed by atoms with Crippen molar-refractivity contribution in [1.29, 1.82) is 0 Å². The van der Waals surface area contributed by atoms with Crippen molar-refractivity contribution in [3.63, 3.8) is 0 Å². The molecule has 1 aliphatic rings. The molecule has 0 radical (unpaired) electrons. The second-order valence-electron chi connectivity index (χ2n) is 5.34. The fourth-order valence-corrected chi connectivity index (χ4v) is 2.93. The van der Waals surface area contributed by atoms with Crippen LogP contribution in [0.1, 0.15) is 24.8 Å². The standard InChI is InChI=1S/C15H20ClNO3/c1-10(11-4-3-5-12(16)6-11)8-17-9-13(18)7-14(17)15(19)20-2/h3-6,10,13-14,18H,7-9H2,1-2H3/t10-,13+,14+/m1/s1. The summed E-state index contributed by atoms with van der Waals surface area (Å²) in [6.07, 6.45) is -0.0276. The molecule has 1 aliphatic heterocycles. The maximum absolute atomic E-state index is 11.7. The van der Waals surface area contributed by atoms with Crippen LogP contribution in [-0.2, 0) is 9.53 Å². The van der Waals surface area contributed by atoms with E-state index in [1.807, 2.05) is 29.2 Å². The van der Waals surface area contributed by atoms with Crippen molar-refractivity contribution < 1.29 is 14.6 Å². The summed E-state index contributed by atoms with van der Waals surface area (Å²) in [6, 6.07) is 7.37. The third kappa shape index (κ3) is 3.51. The van der Waals surface area contributed by atoms with Crippen LogP contribution in [0.5, 0.6) is 0 Å². The van der Waals surface area contributed by atoms with E-state index in [4.69, 9.17) is 16.3 Å². The molecule has 0 spiro atoms. The zero-order valence-electron chi connectivity index (χ0n) is 11.8. The molecule has 1 aromatic rings. The number of aliphatic hydroxyl groups excluding tert-OH is 1. The van der Waals surface area contributed by atoms with Gasteiger partial charge in [-0.2, -0.15) is 0 Å². The van der Waals surface area contributed by atoms with Gasteiger partial charge in [0.1, 0.15) is 6.04 Å². The summed E-state index contributed by atoms with van der Waals surface area (Å²) in [5, 5.41) is 10.5. The number of hydrogen-bond acceptors (Lipinski definition) is 4. The summed E-state index contributed by atoms with van der Waals surface area (Å²) in [5.41, 5.74) is 1.13. The van der Waals surface area contributed by atoms with Gasteiger partial charge in [-0.1, -0.05) is 30.7 Å². The summed E-state index contributed by atoms with van der Waals surface area (Å²) in [4.78, 5) is 13.7. The van der Waals surface area contributed by atoms with E-state index >= 15 is 0 Å². The number of aliphatic hydroxyl groups is 1. The molecule has 0 amide bonds. The average molecular weight is 298 g/mol. The first kappa shape index (κ1) is 15.3. The third-order valence-electron chi connectivity index (χ3n) is 3.78. The molecule has 110 valence electrons. The van der Waals surface area contributed by atoms with E-state index in [9.17, 15) is 9.90 Å².